The number of aliphatic carboxylic acids is 1. The van der Waals surface area contributed by atoms with E-state index >= 15 is 0 Å². The molecule has 0 amide bonds. The summed E-state index contributed by atoms with van der Waals surface area (Å²) in [5, 5.41) is 13.3. The van der Waals surface area contributed by atoms with Gasteiger partial charge in [0.1, 0.15) is 6.54 Å². The van der Waals surface area contributed by atoms with Crippen molar-refractivity contribution in [3.05, 3.63) is 36.0 Å². The van der Waals surface area contributed by atoms with Crippen molar-refractivity contribution >= 4 is 16.9 Å². The second-order valence-corrected chi connectivity index (χ2v) is 3.97. The maximum Gasteiger partial charge on any atom is 0.323 e. The number of benzene rings is 1. The highest BCUT2D eigenvalue weighted by molar-refractivity contribution is 5.85. The normalized spacial score (nSPS) is 10.9. The van der Waals surface area contributed by atoms with Gasteiger partial charge in [0.15, 0.2) is 0 Å². The van der Waals surface area contributed by atoms with E-state index in [0.29, 0.717) is 0 Å². The fourth-order valence-electron chi connectivity index (χ4n) is 2.00. The van der Waals surface area contributed by atoms with E-state index in [-0.39, 0.29) is 6.54 Å². The highest BCUT2D eigenvalue weighted by Crippen LogP contribution is 2.21. The third-order valence-corrected chi connectivity index (χ3v) is 2.74. The average molecular weight is 232 g/mol. The second kappa shape index (κ2) is 5.01. The lowest BCUT2D eigenvalue weighted by atomic mass is 10.2. The number of para-hydroxylation sites is 1. The zero-order valence-corrected chi connectivity index (χ0v) is 9.81. The lowest BCUT2D eigenvalue weighted by Gasteiger charge is -1.99. The van der Waals surface area contributed by atoms with E-state index in [1.165, 1.54) is 0 Å². The van der Waals surface area contributed by atoms with Gasteiger partial charge in [-0.05, 0) is 18.2 Å². The largest absolute Gasteiger partial charge is 0.480 e. The van der Waals surface area contributed by atoms with Gasteiger partial charge >= 0.3 is 5.97 Å². The summed E-state index contributed by atoms with van der Waals surface area (Å²) in [5.41, 5.74) is 2.12. The molecule has 2 rings (SSSR count). The van der Waals surface area contributed by atoms with E-state index < -0.39 is 5.97 Å². The molecule has 0 aliphatic heterocycles. The summed E-state index contributed by atoms with van der Waals surface area (Å²) < 4.78 is 1.78. The lowest BCUT2D eigenvalue weighted by Crippen LogP contribution is -2.11. The minimum absolute atomic E-state index is 0.00659. The molecular weight excluding hydrogens is 216 g/mol. The number of carboxylic acid groups (broad SMARTS) is 1. The standard InChI is InChI=1S/C13H16N2O2/c1-2-14-7-10-8-15(9-13(16)17)12-6-4-3-5-11(10)12/h3-6,8,14H,2,7,9H2,1H3,(H,16,17). The summed E-state index contributed by atoms with van der Waals surface area (Å²) in [5.74, 6) is -0.819. The molecule has 0 spiro atoms. The van der Waals surface area contributed by atoms with Crippen molar-refractivity contribution in [1.29, 1.82) is 0 Å². The van der Waals surface area contributed by atoms with Crippen LogP contribution in [-0.2, 0) is 17.9 Å². The van der Waals surface area contributed by atoms with Crippen LogP contribution in [0.3, 0.4) is 0 Å². The van der Waals surface area contributed by atoms with Gasteiger partial charge in [-0.3, -0.25) is 4.79 Å². The van der Waals surface area contributed by atoms with Gasteiger partial charge in [0.2, 0.25) is 0 Å². The van der Waals surface area contributed by atoms with E-state index in [9.17, 15) is 4.79 Å². The van der Waals surface area contributed by atoms with Crippen LogP contribution < -0.4 is 5.32 Å². The lowest BCUT2D eigenvalue weighted by molar-refractivity contribution is -0.137. The molecule has 0 aliphatic rings. The Hall–Kier alpha value is -1.81. The first kappa shape index (κ1) is 11.7. The Morgan fingerprint density at radius 3 is 2.88 bits per heavy atom. The third-order valence-electron chi connectivity index (χ3n) is 2.74. The van der Waals surface area contributed by atoms with E-state index in [4.69, 9.17) is 5.11 Å². The SMILES string of the molecule is CCNCc1cn(CC(=O)O)c2ccccc12. The maximum absolute atomic E-state index is 10.8. The van der Waals surface area contributed by atoms with Crippen LogP contribution in [-0.4, -0.2) is 22.2 Å². The number of hydrogen-bond acceptors (Lipinski definition) is 2. The Kier molecular flexibility index (Phi) is 3.44. The van der Waals surface area contributed by atoms with Crippen LogP contribution in [0.1, 0.15) is 12.5 Å². The van der Waals surface area contributed by atoms with Crippen LogP contribution in [0.25, 0.3) is 10.9 Å². The molecule has 2 aromatic rings. The molecular formula is C13H16N2O2. The molecule has 0 fully saturated rings. The molecule has 0 saturated carbocycles. The van der Waals surface area contributed by atoms with Crippen molar-refractivity contribution in [2.45, 2.75) is 20.0 Å². The van der Waals surface area contributed by atoms with Crippen molar-refractivity contribution in [3.8, 4) is 0 Å². The monoisotopic (exact) mass is 232 g/mol. The molecule has 4 nitrogen and oxygen atoms in total. The molecule has 0 bridgehead atoms. The van der Waals surface area contributed by atoms with Crippen LogP contribution in [0.15, 0.2) is 30.5 Å². The van der Waals surface area contributed by atoms with Gasteiger partial charge < -0.3 is 15.0 Å². The molecule has 1 heterocycles. The summed E-state index contributed by atoms with van der Waals surface area (Å²) in [4.78, 5) is 10.8. The number of carbonyl (C=O) groups is 1. The van der Waals surface area contributed by atoms with Crippen LogP contribution in [0.5, 0.6) is 0 Å². The summed E-state index contributed by atoms with van der Waals surface area (Å²) in [6.45, 7) is 3.73. The molecule has 0 saturated heterocycles. The van der Waals surface area contributed by atoms with Crippen LogP contribution in [0.4, 0.5) is 0 Å². The Morgan fingerprint density at radius 2 is 2.18 bits per heavy atom. The number of nitrogens with zero attached hydrogens (tertiary/aromatic N) is 1. The molecule has 1 aromatic carbocycles. The molecule has 4 heteroatoms. The van der Waals surface area contributed by atoms with E-state index in [2.05, 4.69) is 12.2 Å². The summed E-state index contributed by atoms with van der Waals surface area (Å²) in [6.07, 6.45) is 1.92. The molecule has 0 radical (unpaired) electrons. The Morgan fingerprint density at radius 1 is 1.41 bits per heavy atom. The zero-order valence-electron chi connectivity index (χ0n) is 9.81. The number of aromatic nitrogens is 1. The van der Waals surface area contributed by atoms with E-state index in [0.717, 1.165) is 29.6 Å². The Labute approximate surface area is 99.9 Å². The molecule has 1 aromatic heterocycles. The predicted molar refractivity (Wildman–Crippen MR) is 67.0 cm³/mol. The predicted octanol–water partition coefficient (Wildman–Crippen LogP) is 1.84. The first-order chi connectivity index (χ1) is 8.22. The molecule has 2 N–H and O–H groups in total. The van der Waals surface area contributed by atoms with Crippen LogP contribution in [0, 0.1) is 0 Å². The minimum Gasteiger partial charge on any atom is -0.480 e. The van der Waals surface area contributed by atoms with Crippen molar-refractivity contribution in [3.63, 3.8) is 0 Å². The smallest absolute Gasteiger partial charge is 0.323 e. The Balaban J connectivity index is 2.42. The first-order valence-corrected chi connectivity index (χ1v) is 5.71. The summed E-state index contributed by atoms with van der Waals surface area (Å²) in [7, 11) is 0. The van der Waals surface area contributed by atoms with Crippen molar-refractivity contribution < 1.29 is 9.90 Å². The van der Waals surface area contributed by atoms with Crippen molar-refractivity contribution in [1.82, 2.24) is 9.88 Å². The summed E-state index contributed by atoms with van der Waals surface area (Å²) >= 11 is 0. The number of rotatable bonds is 5. The van der Waals surface area contributed by atoms with Gasteiger partial charge in [0.05, 0.1) is 0 Å². The van der Waals surface area contributed by atoms with Gasteiger partial charge in [-0.25, -0.2) is 0 Å². The van der Waals surface area contributed by atoms with Gasteiger partial charge in [-0.15, -0.1) is 0 Å². The minimum atomic E-state index is -0.819. The van der Waals surface area contributed by atoms with Gasteiger partial charge in [-0.2, -0.15) is 0 Å². The fourth-order valence-corrected chi connectivity index (χ4v) is 2.00. The topological polar surface area (TPSA) is 54.3 Å². The van der Waals surface area contributed by atoms with E-state index in [1.54, 1.807) is 4.57 Å². The molecule has 0 unspecified atom stereocenters. The molecule has 0 atom stereocenters. The number of nitrogens with one attached hydrogen (secondary N) is 1. The van der Waals surface area contributed by atoms with Crippen LogP contribution >= 0.6 is 0 Å². The first-order valence-electron chi connectivity index (χ1n) is 5.71. The van der Waals surface area contributed by atoms with E-state index in [1.807, 2.05) is 30.5 Å². The Bertz CT molecular complexity index is 531. The third kappa shape index (κ3) is 2.47. The van der Waals surface area contributed by atoms with Gasteiger partial charge in [-0.1, -0.05) is 25.1 Å². The zero-order chi connectivity index (χ0) is 12.3. The van der Waals surface area contributed by atoms with Gasteiger partial charge in [0, 0.05) is 23.6 Å². The molecule has 90 valence electrons. The average Bonchev–Trinajstić information content (AvgIpc) is 2.65. The summed E-state index contributed by atoms with van der Waals surface area (Å²) in [6, 6.07) is 7.88. The van der Waals surface area contributed by atoms with Crippen molar-refractivity contribution in [2.24, 2.45) is 0 Å². The second-order valence-electron chi connectivity index (χ2n) is 3.97. The van der Waals surface area contributed by atoms with Crippen LogP contribution in [0.2, 0.25) is 0 Å². The number of fused-ring (bicyclic) bond motifs is 1. The van der Waals surface area contributed by atoms with Gasteiger partial charge in [0.25, 0.3) is 0 Å². The highest BCUT2D eigenvalue weighted by Gasteiger charge is 2.09. The van der Waals surface area contributed by atoms with Crippen molar-refractivity contribution in [2.75, 3.05) is 6.54 Å². The fraction of sp³-hybridized carbons (Fsp3) is 0.308. The maximum atomic E-state index is 10.8. The highest BCUT2D eigenvalue weighted by atomic mass is 16.4. The molecule has 0 aliphatic carbocycles. The number of hydrogen-bond donors (Lipinski definition) is 2. The number of carboxylic acids is 1. The molecule has 17 heavy (non-hydrogen) atoms. The quantitative estimate of drug-likeness (QED) is 0.827.